The molecule has 0 aromatic carbocycles. The summed E-state index contributed by atoms with van der Waals surface area (Å²) >= 11 is 3.53. The lowest BCUT2D eigenvalue weighted by Crippen LogP contribution is -2.22. The summed E-state index contributed by atoms with van der Waals surface area (Å²) in [6.07, 6.45) is 1.83. The molecule has 1 unspecified atom stereocenters. The van der Waals surface area contributed by atoms with Crippen molar-refractivity contribution in [3.8, 4) is 0 Å². The van der Waals surface area contributed by atoms with Gasteiger partial charge in [0.25, 0.3) is 0 Å². The minimum absolute atomic E-state index is 0.431. The van der Waals surface area contributed by atoms with Crippen LogP contribution in [0.1, 0.15) is 26.3 Å². The van der Waals surface area contributed by atoms with Gasteiger partial charge in [-0.1, -0.05) is 13.8 Å². The van der Waals surface area contributed by atoms with E-state index in [4.69, 9.17) is 0 Å². The first-order chi connectivity index (χ1) is 6.52. The zero-order valence-corrected chi connectivity index (χ0v) is 10.7. The largest absolute Gasteiger partial charge is 0.366 e. The highest BCUT2D eigenvalue weighted by Crippen LogP contribution is 2.24. The first-order valence-corrected chi connectivity index (χ1v) is 5.69. The smallest absolute Gasteiger partial charge is 0.140 e. The molecule has 1 heterocycles. The van der Waals surface area contributed by atoms with Gasteiger partial charge in [-0.3, -0.25) is 0 Å². The zero-order valence-electron chi connectivity index (χ0n) is 9.13. The molecule has 1 aromatic rings. The van der Waals surface area contributed by atoms with E-state index in [9.17, 15) is 0 Å². The Bertz CT molecular complexity index is 310. The van der Waals surface area contributed by atoms with Gasteiger partial charge in [-0.05, 0) is 47.3 Å². The lowest BCUT2D eigenvalue weighted by atomic mass is 10.1. The summed E-state index contributed by atoms with van der Waals surface area (Å²) in [5.74, 6) is 1.54. The monoisotopic (exact) mass is 256 g/mol. The molecule has 0 amide bonds. The van der Waals surface area contributed by atoms with E-state index in [0.717, 1.165) is 10.3 Å². The summed E-state index contributed by atoms with van der Waals surface area (Å²) in [7, 11) is 0. The summed E-state index contributed by atoms with van der Waals surface area (Å²) in [5.41, 5.74) is 1.21. The van der Waals surface area contributed by atoms with Crippen molar-refractivity contribution in [1.29, 1.82) is 0 Å². The Morgan fingerprint density at radius 1 is 1.36 bits per heavy atom. The molecule has 1 rings (SSSR count). The summed E-state index contributed by atoms with van der Waals surface area (Å²) in [4.78, 5) is 4.30. The van der Waals surface area contributed by atoms with Crippen LogP contribution in [0.2, 0.25) is 0 Å². The molecule has 14 heavy (non-hydrogen) atoms. The Hall–Kier alpha value is -0.570. The van der Waals surface area contributed by atoms with Gasteiger partial charge < -0.3 is 5.32 Å². The third-order valence-electron chi connectivity index (χ3n) is 2.45. The van der Waals surface area contributed by atoms with E-state index in [1.165, 1.54) is 5.56 Å². The van der Waals surface area contributed by atoms with Crippen molar-refractivity contribution in [2.24, 2.45) is 5.92 Å². The highest BCUT2D eigenvalue weighted by Gasteiger charge is 2.10. The Kier molecular flexibility index (Phi) is 3.93. The zero-order chi connectivity index (χ0) is 10.7. The molecule has 0 aliphatic rings. The first-order valence-electron chi connectivity index (χ1n) is 4.90. The van der Waals surface area contributed by atoms with Crippen LogP contribution in [0.15, 0.2) is 16.7 Å². The van der Waals surface area contributed by atoms with E-state index in [2.05, 4.69) is 53.9 Å². The summed E-state index contributed by atoms with van der Waals surface area (Å²) < 4.78 is 1.06. The molecule has 2 nitrogen and oxygen atoms in total. The quantitative estimate of drug-likeness (QED) is 0.894. The number of pyridine rings is 1. The number of halogens is 1. The standard InChI is InChI=1S/C11H17BrN2/c1-7(2)9(4)14-11-10(12)8(3)5-6-13-11/h5-7,9H,1-4H3,(H,13,14). The van der Waals surface area contributed by atoms with E-state index in [0.29, 0.717) is 12.0 Å². The second-order valence-electron chi connectivity index (χ2n) is 3.97. The van der Waals surface area contributed by atoms with E-state index in [1.54, 1.807) is 0 Å². The minimum Gasteiger partial charge on any atom is -0.366 e. The number of hydrogen-bond donors (Lipinski definition) is 1. The predicted octanol–water partition coefficient (Wildman–Crippen LogP) is 3.61. The molecule has 0 bridgehead atoms. The average Bonchev–Trinajstić information content (AvgIpc) is 2.12. The van der Waals surface area contributed by atoms with Crippen LogP contribution in [-0.2, 0) is 0 Å². The van der Waals surface area contributed by atoms with Crippen LogP contribution in [0.25, 0.3) is 0 Å². The van der Waals surface area contributed by atoms with Gasteiger partial charge in [0.05, 0.1) is 4.47 Å². The lowest BCUT2D eigenvalue weighted by Gasteiger charge is -2.19. The van der Waals surface area contributed by atoms with E-state index >= 15 is 0 Å². The number of aryl methyl sites for hydroxylation is 1. The predicted molar refractivity (Wildman–Crippen MR) is 64.6 cm³/mol. The molecule has 0 radical (unpaired) electrons. The first kappa shape index (κ1) is 11.5. The van der Waals surface area contributed by atoms with Crippen LogP contribution >= 0.6 is 15.9 Å². The highest BCUT2D eigenvalue weighted by atomic mass is 79.9. The van der Waals surface area contributed by atoms with Gasteiger partial charge in [0, 0.05) is 12.2 Å². The number of nitrogens with zero attached hydrogens (tertiary/aromatic N) is 1. The Balaban J connectivity index is 2.82. The second-order valence-corrected chi connectivity index (χ2v) is 4.76. The van der Waals surface area contributed by atoms with Crippen molar-refractivity contribution < 1.29 is 0 Å². The molecule has 1 N–H and O–H groups in total. The van der Waals surface area contributed by atoms with Gasteiger partial charge in [0.1, 0.15) is 5.82 Å². The van der Waals surface area contributed by atoms with Crippen LogP contribution in [0, 0.1) is 12.8 Å². The Morgan fingerprint density at radius 3 is 2.57 bits per heavy atom. The maximum Gasteiger partial charge on any atom is 0.140 e. The van der Waals surface area contributed by atoms with Gasteiger partial charge >= 0.3 is 0 Å². The summed E-state index contributed by atoms with van der Waals surface area (Å²) in [6, 6.07) is 2.43. The SMILES string of the molecule is Cc1ccnc(NC(C)C(C)C)c1Br. The lowest BCUT2D eigenvalue weighted by molar-refractivity contribution is 0.558. The normalized spacial score (nSPS) is 13.0. The molecular formula is C11H17BrN2. The molecule has 1 aromatic heterocycles. The van der Waals surface area contributed by atoms with E-state index < -0.39 is 0 Å². The minimum atomic E-state index is 0.431. The van der Waals surface area contributed by atoms with Crippen molar-refractivity contribution in [3.05, 3.63) is 22.3 Å². The fourth-order valence-corrected chi connectivity index (χ4v) is 1.37. The third kappa shape index (κ3) is 2.71. The highest BCUT2D eigenvalue weighted by molar-refractivity contribution is 9.10. The van der Waals surface area contributed by atoms with Gasteiger partial charge in [-0.15, -0.1) is 0 Å². The van der Waals surface area contributed by atoms with E-state index in [-0.39, 0.29) is 0 Å². The van der Waals surface area contributed by atoms with Gasteiger partial charge in [0.2, 0.25) is 0 Å². The van der Waals surface area contributed by atoms with Gasteiger partial charge in [-0.2, -0.15) is 0 Å². The molecule has 0 saturated carbocycles. The fourth-order valence-electron chi connectivity index (χ4n) is 1.02. The Morgan fingerprint density at radius 2 is 2.00 bits per heavy atom. The molecular weight excluding hydrogens is 240 g/mol. The molecule has 0 spiro atoms. The third-order valence-corrected chi connectivity index (χ3v) is 3.45. The molecule has 0 aliphatic heterocycles. The maximum atomic E-state index is 4.30. The van der Waals surface area contributed by atoms with Crippen molar-refractivity contribution in [1.82, 2.24) is 4.98 Å². The molecule has 0 aliphatic carbocycles. The van der Waals surface area contributed by atoms with Crippen molar-refractivity contribution in [2.45, 2.75) is 33.7 Å². The molecule has 3 heteroatoms. The molecule has 0 fully saturated rings. The fraction of sp³-hybridized carbons (Fsp3) is 0.545. The van der Waals surface area contributed by atoms with Crippen LogP contribution in [-0.4, -0.2) is 11.0 Å². The summed E-state index contributed by atoms with van der Waals surface area (Å²) in [5, 5.41) is 3.39. The average molecular weight is 257 g/mol. The number of aromatic nitrogens is 1. The number of anilines is 1. The molecule has 78 valence electrons. The molecule has 1 atom stereocenters. The van der Waals surface area contributed by atoms with Crippen molar-refractivity contribution in [2.75, 3.05) is 5.32 Å². The second kappa shape index (κ2) is 4.78. The van der Waals surface area contributed by atoms with E-state index in [1.807, 2.05) is 12.3 Å². The van der Waals surface area contributed by atoms with Crippen LogP contribution in [0.4, 0.5) is 5.82 Å². The van der Waals surface area contributed by atoms with Gasteiger partial charge in [0.15, 0.2) is 0 Å². The van der Waals surface area contributed by atoms with Crippen LogP contribution < -0.4 is 5.32 Å². The molecule has 0 saturated heterocycles. The number of rotatable bonds is 3. The van der Waals surface area contributed by atoms with Crippen LogP contribution in [0.3, 0.4) is 0 Å². The number of hydrogen-bond acceptors (Lipinski definition) is 2. The van der Waals surface area contributed by atoms with Crippen molar-refractivity contribution >= 4 is 21.7 Å². The number of nitrogens with one attached hydrogen (secondary N) is 1. The maximum absolute atomic E-state index is 4.30. The van der Waals surface area contributed by atoms with Gasteiger partial charge in [-0.25, -0.2) is 4.98 Å². The Labute approximate surface area is 94.3 Å². The topological polar surface area (TPSA) is 24.9 Å². The van der Waals surface area contributed by atoms with Crippen LogP contribution in [0.5, 0.6) is 0 Å². The summed E-state index contributed by atoms with van der Waals surface area (Å²) in [6.45, 7) is 8.63. The van der Waals surface area contributed by atoms with Crippen molar-refractivity contribution in [3.63, 3.8) is 0 Å².